The molecule has 0 spiro atoms. The molecule has 0 aromatic heterocycles. The van der Waals surface area contributed by atoms with Gasteiger partial charge in [-0.1, -0.05) is 47.1 Å². The largest absolute Gasteiger partial charge is 0.463 e. The second-order valence-electron chi connectivity index (χ2n) is 10.9. The molecule has 2 amide bonds. The van der Waals surface area contributed by atoms with Crippen molar-refractivity contribution in [3.05, 3.63) is 11.6 Å². The molecule has 0 bridgehead atoms. The maximum atomic E-state index is 13.7. The minimum Gasteiger partial charge on any atom is -0.463 e. The lowest BCUT2D eigenvalue weighted by Crippen LogP contribution is -2.60. The van der Waals surface area contributed by atoms with E-state index < -0.39 is 11.5 Å². The van der Waals surface area contributed by atoms with E-state index in [0.717, 1.165) is 25.8 Å². The van der Waals surface area contributed by atoms with Gasteiger partial charge in [-0.3, -0.25) is 14.5 Å². The van der Waals surface area contributed by atoms with Gasteiger partial charge in [0.2, 0.25) is 11.8 Å². The fourth-order valence-electron chi connectivity index (χ4n) is 4.41. The van der Waals surface area contributed by atoms with Crippen LogP contribution in [0.25, 0.3) is 0 Å². The van der Waals surface area contributed by atoms with Crippen molar-refractivity contribution < 1.29 is 19.1 Å². The smallest absolute Gasteiger partial charge is 0.333 e. The Balaban J connectivity index is 3.15. The molecule has 0 aliphatic carbocycles. The number of nitrogens with zero attached hydrogens (tertiary/aromatic N) is 2. The predicted octanol–water partition coefficient (Wildman–Crippen LogP) is 3.77. The van der Waals surface area contributed by atoms with Crippen LogP contribution in [0.4, 0.5) is 0 Å². The van der Waals surface area contributed by atoms with E-state index in [2.05, 4.69) is 24.1 Å². The van der Waals surface area contributed by atoms with Crippen LogP contribution in [0.3, 0.4) is 0 Å². The summed E-state index contributed by atoms with van der Waals surface area (Å²) in [7, 11) is 1.74. The van der Waals surface area contributed by atoms with Gasteiger partial charge < -0.3 is 15.0 Å². The van der Waals surface area contributed by atoms with Crippen LogP contribution in [0.15, 0.2) is 11.6 Å². The van der Waals surface area contributed by atoms with Crippen molar-refractivity contribution in [1.82, 2.24) is 15.1 Å². The maximum absolute atomic E-state index is 13.7. The van der Waals surface area contributed by atoms with Crippen LogP contribution in [0, 0.1) is 11.3 Å². The Bertz CT molecular complexity index is 709. The second-order valence-corrected chi connectivity index (χ2v) is 10.9. The summed E-state index contributed by atoms with van der Waals surface area (Å²) in [6.45, 7) is 18.8. The van der Waals surface area contributed by atoms with Crippen molar-refractivity contribution >= 4 is 17.8 Å². The standard InChI is InChI=1S/C26H47N3O4/c1-11-33-25(32)19(6)16-21(17(2)3)28(10)24(31)22(26(7,8)9)27-23(30)20-14-12-13-15-29(20)18(4)5/h16-18,20-22H,11-15H2,1-10H3,(H,27,30)/b19-16+/t20-,21?,22-/m0/s1. The number of esters is 1. The first-order valence-electron chi connectivity index (χ1n) is 12.4. The molecule has 1 unspecified atom stereocenters. The maximum Gasteiger partial charge on any atom is 0.333 e. The molecule has 0 aromatic carbocycles. The van der Waals surface area contributed by atoms with Gasteiger partial charge in [0.15, 0.2) is 0 Å². The zero-order valence-corrected chi connectivity index (χ0v) is 22.5. The van der Waals surface area contributed by atoms with Gasteiger partial charge in [-0.2, -0.15) is 0 Å². The molecule has 1 rings (SSSR count). The van der Waals surface area contributed by atoms with E-state index in [1.807, 2.05) is 34.6 Å². The molecule has 7 heteroatoms. The molecule has 1 aliphatic heterocycles. The number of hydrogen-bond donors (Lipinski definition) is 1. The highest BCUT2D eigenvalue weighted by atomic mass is 16.5. The Morgan fingerprint density at radius 3 is 2.24 bits per heavy atom. The van der Waals surface area contributed by atoms with Gasteiger partial charge in [0, 0.05) is 18.7 Å². The van der Waals surface area contributed by atoms with E-state index in [1.165, 1.54) is 0 Å². The number of nitrogens with one attached hydrogen (secondary N) is 1. The lowest BCUT2D eigenvalue weighted by Gasteiger charge is -2.41. The molecule has 0 radical (unpaired) electrons. The van der Waals surface area contributed by atoms with Crippen molar-refractivity contribution in [3.63, 3.8) is 0 Å². The van der Waals surface area contributed by atoms with Gasteiger partial charge in [0.25, 0.3) is 0 Å². The fraction of sp³-hybridized carbons (Fsp3) is 0.808. The van der Waals surface area contributed by atoms with Crippen LogP contribution < -0.4 is 5.32 Å². The summed E-state index contributed by atoms with van der Waals surface area (Å²) in [5.41, 5.74) is 0.000989. The summed E-state index contributed by atoms with van der Waals surface area (Å²) in [6, 6.07) is -0.920. The summed E-state index contributed by atoms with van der Waals surface area (Å²) >= 11 is 0. The molecule has 0 aromatic rings. The monoisotopic (exact) mass is 465 g/mol. The third-order valence-electron chi connectivity index (χ3n) is 6.41. The van der Waals surface area contributed by atoms with Crippen LogP contribution in [0.5, 0.6) is 0 Å². The van der Waals surface area contributed by atoms with E-state index in [4.69, 9.17) is 4.74 Å². The van der Waals surface area contributed by atoms with Crippen molar-refractivity contribution in [2.24, 2.45) is 11.3 Å². The van der Waals surface area contributed by atoms with Crippen LogP contribution in [-0.4, -0.2) is 72.0 Å². The first-order chi connectivity index (χ1) is 15.2. The minimum atomic E-state index is -0.677. The van der Waals surface area contributed by atoms with Gasteiger partial charge in [-0.05, 0) is 58.4 Å². The SMILES string of the molecule is CCOC(=O)/C(C)=C/C(C(C)C)N(C)C(=O)[C@H](NC(=O)[C@@H]1CCCCN1C(C)C)C(C)(C)C. The molecule has 1 saturated heterocycles. The Hall–Kier alpha value is -1.89. The van der Waals surface area contributed by atoms with Gasteiger partial charge in [0.1, 0.15) is 6.04 Å². The lowest BCUT2D eigenvalue weighted by atomic mass is 9.84. The topological polar surface area (TPSA) is 79.0 Å². The number of piperidine rings is 1. The summed E-state index contributed by atoms with van der Waals surface area (Å²) in [5, 5.41) is 3.10. The van der Waals surface area contributed by atoms with Crippen molar-refractivity contribution in [2.75, 3.05) is 20.2 Å². The van der Waals surface area contributed by atoms with Crippen LogP contribution in [0.2, 0.25) is 0 Å². The summed E-state index contributed by atoms with van der Waals surface area (Å²) in [5.74, 6) is -0.538. The highest BCUT2D eigenvalue weighted by Crippen LogP contribution is 2.26. The number of rotatable bonds is 9. The van der Waals surface area contributed by atoms with E-state index in [9.17, 15) is 14.4 Å². The third kappa shape index (κ3) is 8.13. The minimum absolute atomic E-state index is 0.0782. The summed E-state index contributed by atoms with van der Waals surface area (Å²) in [4.78, 5) is 43.1. The van der Waals surface area contributed by atoms with E-state index in [0.29, 0.717) is 12.2 Å². The highest BCUT2D eigenvalue weighted by molar-refractivity contribution is 5.91. The average Bonchev–Trinajstić information content (AvgIpc) is 2.73. The fourth-order valence-corrected chi connectivity index (χ4v) is 4.41. The molecular formula is C26H47N3O4. The third-order valence-corrected chi connectivity index (χ3v) is 6.41. The summed E-state index contributed by atoms with van der Waals surface area (Å²) in [6.07, 6.45) is 4.71. The van der Waals surface area contributed by atoms with Gasteiger partial charge in [-0.25, -0.2) is 4.79 Å². The Morgan fingerprint density at radius 2 is 1.76 bits per heavy atom. The van der Waals surface area contributed by atoms with Crippen LogP contribution in [0.1, 0.15) is 81.6 Å². The van der Waals surface area contributed by atoms with Crippen molar-refractivity contribution in [3.8, 4) is 0 Å². The predicted molar refractivity (Wildman–Crippen MR) is 133 cm³/mol. The molecule has 1 aliphatic rings. The molecule has 1 N–H and O–H groups in total. The number of carbonyl (C=O) groups is 3. The molecule has 190 valence electrons. The Morgan fingerprint density at radius 1 is 1.15 bits per heavy atom. The molecular weight excluding hydrogens is 418 g/mol. The molecule has 1 fully saturated rings. The molecule has 0 saturated carbocycles. The normalized spacial score (nSPS) is 19.9. The Labute approximate surface area is 201 Å². The quantitative estimate of drug-likeness (QED) is 0.414. The van der Waals surface area contributed by atoms with Gasteiger partial charge >= 0.3 is 5.97 Å². The van der Waals surface area contributed by atoms with Crippen LogP contribution in [-0.2, 0) is 19.1 Å². The van der Waals surface area contributed by atoms with E-state index in [-0.39, 0.29) is 41.8 Å². The first kappa shape index (κ1) is 29.1. The molecule has 3 atom stereocenters. The molecule has 33 heavy (non-hydrogen) atoms. The number of carbonyl (C=O) groups excluding carboxylic acids is 3. The van der Waals surface area contributed by atoms with E-state index >= 15 is 0 Å². The zero-order valence-electron chi connectivity index (χ0n) is 22.5. The van der Waals surface area contributed by atoms with Crippen molar-refractivity contribution in [2.45, 2.75) is 106 Å². The molecule has 7 nitrogen and oxygen atoms in total. The van der Waals surface area contributed by atoms with Crippen LogP contribution >= 0.6 is 0 Å². The van der Waals surface area contributed by atoms with Gasteiger partial charge in [0.05, 0.1) is 18.7 Å². The number of likely N-dealkylation sites (tertiary alicyclic amines) is 1. The number of hydrogen-bond acceptors (Lipinski definition) is 5. The second kappa shape index (κ2) is 12.5. The van der Waals surface area contributed by atoms with Crippen molar-refractivity contribution in [1.29, 1.82) is 0 Å². The molecule has 1 heterocycles. The highest BCUT2D eigenvalue weighted by Gasteiger charge is 2.39. The summed E-state index contributed by atoms with van der Waals surface area (Å²) < 4.78 is 5.10. The van der Waals surface area contributed by atoms with Gasteiger partial charge in [-0.15, -0.1) is 0 Å². The number of ether oxygens (including phenoxy) is 1. The average molecular weight is 466 g/mol. The number of amides is 2. The zero-order chi connectivity index (χ0) is 25.5. The first-order valence-corrected chi connectivity index (χ1v) is 12.4. The Kier molecular flexibility index (Phi) is 11.1. The lowest BCUT2D eigenvalue weighted by molar-refractivity contribution is -0.142. The number of likely N-dealkylation sites (N-methyl/N-ethyl adjacent to an activating group) is 1. The van der Waals surface area contributed by atoms with E-state index in [1.54, 1.807) is 31.9 Å².